The van der Waals surface area contributed by atoms with E-state index in [1.165, 1.54) is 11.1 Å². The minimum atomic E-state index is 0. The molecule has 2 aromatic rings. The maximum absolute atomic E-state index is 12.7. The van der Waals surface area contributed by atoms with Crippen molar-refractivity contribution in [1.82, 2.24) is 0 Å². The summed E-state index contributed by atoms with van der Waals surface area (Å²) >= 11 is 0. The standard InChI is InChI=1S/C18H21O2P.Li.H/c1-11-10-12(2)17(14(4)13(11)3)18(19)21-16-8-6-15(20-5)7-9-16;;/h6-10,21H,1-5H3;;. The van der Waals surface area contributed by atoms with Gasteiger partial charge in [0.1, 0.15) is 5.75 Å². The van der Waals surface area contributed by atoms with Gasteiger partial charge in [-0.15, -0.1) is 0 Å². The van der Waals surface area contributed by atoms with E-state index in [1.807, 2.05) is 38.1 Å². The van der Waals surface area contributed by atoms with Crippen LogP contribution in [0.5, 0.6) is 5.75 Å². The molecule has 22 heavy (non-hydrogen) atoms. The quantitative estimate of drug-likeness (QED) is 0.639. The fourth-order valence-electron chi connectivity index (χ4n) is 2.50. The maximum atomic E-state index is 12.7. The van der Waals surface area contributed by atoms with Crippen molar-refractivity contribution in [3.63, 3.8) is 0 Å². The van der Waals surface area contributed by atoms with E-state index in [-0.39, 0.29) is 33.0 Å². The zero-order valence-corrected chi connectivity index (χ0v) is 14.2. The average molecular weight is 308 g/mol. The zero-order chi connectivity index (χ0) is 15.6. The molecule has 0 amide bonds. The normalized spacial score (nSPS) is 10.6. The number of hydrogen-bond donors (Lipinski definition) is 0. The summed E-state index contributed by atoms with van der Waals surface area (Å²) in [6.07, 6.45) is 0. The number of carbonyl (C=O) groups excluding carboxylic acids is 1. The Morgan fingerprint density at radius 3 is 2.09 bits per heavy atom. The van der Waals surface area contributed by atoms with Crippen molar-refractivity contribution in [1.29, 1.82) is 0 Å². The van der Waals surface area contributed by atoms with Crippen molar-refractivity contribution in [2.45, 2.75) is 27.7 Å². The van der Waals surface area contributed by atoms with Gasteiger partial charge in [0.25, 0.3) is 0 Å². The molecular formula is C18H22LiO2P. The number of hydrogen-bond acceptors (Lipinski definition) is 2. The first-order valence-electron chi connectivity index (χ1n) is 6.97. The van der Waals surface area contributed by atoms with Gasteiger partial charge in [0.2, 0.25) is 0 Å². The fraction of sp³-hybridized carbons (Fsp3) is 0.278. The molecule has 2 nitrogen and oxygen atoms in total. The molecule has 0 aliphatic rings. The first-order chi connectivity index (χ1) is 9.93. The van der Waals surface area contributed by atoms with Crippen molar-refractivity contribution < 1.29 is 9.53 Å². The summed E-state index contributed by atoms with van der Waals surface area (Å²) in [5.41, 5.74) is 5.73. The van der Waals surface area contributed by atoms with E-state index in [9.17, 15) is 4.79 Å². The van der Waals surface area contributed by atoms with Crippen LogP contribution >= 0.6 is 8.58 Å². The second-order valence-corrected chi connectivity index (χ2v) is 6.60. The van der Waals surface area contributed by atoms with Crippen LogP contribution in [0, 0.1) is 27.7 Å². The fourth-order valence-corrected chi connectivity index (χ4v) is 3.61. The summed E-state index contributed by atoms with van der Waals surface area (Å²) in [5.74, 6) is 0.814. The Labute approximate surface area is 146 Å². The number of ether oxygens (including phenoxy) is 1. The van der Waals surface area contributed by atoms with Crippen LogP contribution < -0.4 is 10.0 Å². The zero-order valence-electron chi connectivity index (χ0n) is 13.2. The van der Waals surface area contributed by atoms with Gasteiger partial charge in [-0.3, -0.25) is 4.79 Å². The predicted octanol–water partition coefficient (Wildman–Crippen LogP) is 3.42. The molecule has 0 saturated heterocycles. The second-order valence-electron chi connectivity index (χ2n) is 5.32. The van der Waals surface area contributed by atoms with Crippen LogP contribution in [0.25, 0.3) is 0 Å². The van der Waals surface area contributed by atoms with E-state index in [0.29, 0.717) is 0 Å². The van der Waals surface area contributed by atoms with Crippen LogP contribution in [-0.2, 0) is 0 Å². The summed E-state index contributed by atoms with van der Waals surface area (Å²) in [7, 11) is 1.79. The summed E-state index contributed by atoms with van der Waals surface area (Å²) < 4.78 is 5.14. The van der Waals surface area contributed by atoms with Crippen molar-refractivity contribution in [3.8, 4) is 5.75 Å². The van der Waals surface area contributed by atoms with Crippen LogP contribution in [-0.4, -0.2) is 31.5 Å². The first kappa shape index (κ1) is 19.0. The van der Waals surface area contributed by atoms with Gasteiger partial charge < -0.3 is 4.74 Å². The van der Waals surface area contributed by atoms with Crippen LogP contribution in [0.15, 0.2) is 30.3 Å². The van der Waals surface area contributed by atoms with Crippen molar-refractivity contribution in [2.24, 2.45) is 0 Å². The molecule has 0 aliphatic carbocycles. The Kier molecular flexibility index (Phi) is 6.88. The number of carbonyl (C=O) groups is 1. The van der Waals surface area contributed by atoms with Gasteiger partial charge in [0.05, 0.1) is 7.11 Å². The molecule has 1 unspecified atom stereocenters. The van der Waals surface area contributed by atoms with Crippen molar-refractivity contribution in [3.05, 3.63) is 58.1 Å². The van der Waals surface area contributed by atoms with Crippen molar-refractivity contribution in [2.75, 3.05) is 7.11 Å². The average Bonchev–Trinajstić information content (AvgIpc) is 2.45. The Morgan fingerprint density at radius 1 is 0.955 bits per heavy atom. The third-order valence-corrected chi connectivity index (χ3v) is 5.03. The predicted molar refractivity (Wildman–Crippen MR) is 97.8 cm³/mol. The molecule has 0 radical (unpaired) electrons. The minimum absolute atomic E-state index is 0. The molecule has 0 N–H and O–H groups in total. The summed E-state index contributed by atoms with van der Waals surface area (Å²) in [6, 6.07) is 9.82. The van der Waals surface area contributed by atoms with Gasteiger partial charge in [0, 0.05) is 5.56 Å². The molecule has 2 aromatic carbocycles. The molecule has 0 saturated carbocycles. The topological polar surface area (TPSA) is 26.3 Å². The van der Waals surface area contributed by atoms with Gasteiger partial charge in [-0.05, 0) is 76.0 Å². The van der Waals surface area contributed by atoms with Crippen LogP contribution in [0.4, 0.5) is 0 Å². The van der Waals surface area contributed by atoms with Gasteiger partial charge >= 0.3 is 18.9 Å². The third-order valence-electron chi connectivity index (χ3n) is 3.93. The first-order valence-corrected chi connectivity index (χ1v) is 7.97. The van der Waals surface area contributed by atoms with E-state index in [1.54, 1.807) is 7.11 Å². The van der Waals surface area contributed by atoms with E-state index in [4.69, 9.17) is 4.74 Å². The number of benzene rings is 2. The van der Waals surface area contributed by atoms with Gasteiger partial charge in [-0.1, -0.05) is 18.2 Å². The third kappa shape index (κ3) is 4.02. The van der Waals surface area contributed by atoms with Crippen LogP contribution in [0.1, 0.15) is 32.6 Å². The summed E-state index contributed by atoms with van der Waals surface area (Å²) in [5, 5.41) is 1.04. The monoisotopic (exact) mass is 308 g/mol. The number of rotatable bonds is 4. The number of aryl methyl sites for hydroxylation is 2. The van der Waals surface area contributed by atoms with E-state index in [0.717, 1.165) is 27.7 Å². The molecule has 0 spiro atoms. The molecule has 4 heteroatoms. The summed E-state index contributed by atoms with van der Waals surface area (Å²) in [6.45, 7) is 8.24. The molecule has 0 bridgehead atoms. The van der Waals surface area contributed by atoms with Gasteiger partial charge in [-0.2, -0.15) is 0 Å². The molecular weight excluding hydrogens is 286 g/mol. The van der Waals surface area contributed by atoms with E-state index in [2.05, 4.69) is 19.9 Å². The summed E-state index contributed by atoms with van der Waals surface area (Å²) in [4.78, 5) is 12.7. The molecule has 2 rings (SSSR count). The van der Waals surface area contributed by atoms with Crippen LogP contribution in [0.2, 0.25) is 0 Å². The molecule has 0 fully saturated rings. The molecule has 0 aliphatic heterocycles. The van der Waals surface area contributed by atoms with E-state index >= 15 is 0 Å². The van der Waals surface area contributed by atoms with Gasteiger partial charge in [0.15, 0.2) is 5.52 Å². The van der Waals surface area contributed by atoms with Gasteiger partial charge in [-0.25, -0.2) is 0 Å². The molecule has 112 valence electrons. The second kappa shape index (κ2) is 7.98. The molecule has 0 aromatic heterocycles. The van der Waals surface area contributed by atoms with E-state index < -0.39 is 0 Å². The Balaban J connectivity index is 0.00000242. The SMILES string of the molecule is COc1ccc(PC(=O)c2c(C)cc(C)c(C)c2C)cc1.[LiH]. The Morgan fingerprint density at radius 2 is 1.55 bits per heavy atom. The molecule has 0 heterocycles. The molecule has 1 atom stereocenters. The number of methoxy groups -OCH3 is 1. The van der Waals surface area contributed by atoms with Crippen molar-refractivity contribution >= 4 is 38.3 Å². The van der Waals surface area contributed by atoms with Crippen LogP contribution in [0.3, 0.4) is 0 Å². The Hall–Kier alpha value is -1.06. The Bertz CT molecular complexity index is 678.